The van der Waals surface area contributed by atoms with Crippen molar-refractivity contribution in [3.05, 3.63) is 12.2 Å². The summed E-state index contributed by atoms with van der Waals surface area (Å²) in [5.41, 5.74) is 0. The zero-order valence-corrected chi connectivity index (χ0v) is 49.8. The highest BCUT2D eigenvalue weighted by Crippen LogP contribution is 2.24. The van der Waals surface area contributed by atoms with Crippen LogP contribution < -0.4 is 5.32 Å². The maximum absolute atomic E-state index is 13.2. The molecule has 1 aliphatic heterocycles. The first kappa shape index (κ1) is 72.9. The smallest absolute Gasteiger partial charge is 0.249 e. The molecule has 9 unspecified atom stereocenters. The van der Waals surface area contributed by atoms with Gasteiger partial charge in [0.25, 0.3) is 0 Å². The Balaban J connectivity index is 2.11. The first-order valence-electron chi connectivity index (χ1n) is 33.1. The van der Waals surface area contributed by atoms with Crippen molar-refractivity contribution in [3.8, 4) is 0 Å². The SMILES string of the molecule is CCCCCCCCCC/C=C/CCCC(O)C(O)C(COC1OC(CO)C(O)C(O)C1O)NC(=O)C(O)CCCCCCCCCCCCCCCCCCCCCCCCCCCCCCCCCCCCCC. The Bertz CT molecular complexity index is 1240. The van der Waals surface area contributed by atoms with E-state index in [0.717, 1.165) is 38.5 Å². The van der Waals surface area contributed by atoms with Gasteiger partial charge in [-0.1, -0.05) is 302 Å². The Hall–Kier alpha value is -1.15. The van der Waals surface area contributed by atoms with E-state index in [4.69, 9.17) is 9.47 Å². The number of allylic oxidation sites excluding steroid dienone is 2. The van der Waals surface area contributed by atoms with E-state index in [1.54, 1.807) is 0 Å². The normalized spacial score (nSPS) is 19.6. The first-order valence-corrected chi connectivity index (χ1v) is 33.1. The van der Waals surface area contributed by atoms with Crippen LogP contribution in [-0.2, 0) is 14.3 Å². The van der Waals surface area contributed by atoms with Gasteiger partial charge < -0.3 is 50.5 Å². The standard InChI is InChI=1S/C65H127NO10/c1-3-5-7-9-11-13-15-17-18-19-20-21-22-23-24-25-26-27-28-29-30-31-32-33-34-35-36-37-38-39-41-43-45-47-49-51-53-58(69)64(74)66-56(55-75-65-63(73)62(72)61(71)59(54-67)76-65)60(70)57(68)52-50-48-46-44-42-40-16-14-12-10-8-6-4-2/h44,46,56-63,65,67-73H,3-43,45,47-55H2,1-2H3,(H,66,74)/b46-44+. The minimum Gasteiger partial charge on any atom is -0.394 e. The maximum atomic E-state index is 13.2. The second-order valence-electron chi connectivity index (χ2n) is 23.5. The lowest BCUT2D eigenvalue weighted by Gasteiger charge is -2.40. The monoisotopic (exact) mass is 1080 g/mol. The van der Waals surface area contributed by atoms with Crippen molar-refractivity contribution in [3.63, 3.8) is 0 Å². The minimum atomic E-state index is -1.66. The van der Waals surface area contributed by atoms with Crippen LogP contribution in [0.5, 0.6) is 0 Å². The van der Waals surface area contributed by atoms with Gasteiger partial charge in [0.1, 0.15) is 36.6 Å². The fourth-order valence-electron chi connectivity index (χ4n) is 11.0. The third kappa shape index (κ3) is 41.8. The van der Waals surface area contributed by atoms with Crippen LogP contribution in [0.2, 0.25) is 0 Å². The molecule has 8 N–H and O–H groups in total. The first-order chi connectivity index (χ1) is 37.2. The maximum Gasteiger partial charge on any atom is 0.249 e. The molecule has 0 aromatic carbocycles. The summed E-state index contributed by atoms with van der Waals surface area (Å²) in [7, 11) is 0. The molecule has 0 saturated carbocycles. The summed E-state index contributed by atoms with van der Waals surface area (Å²) in [6.45, 7) is 3.47. The number of rotatable bonds is 58. The van der Waals surface area contributed by atoms with Gasteiger partial charge in [-0.25, -0.2) is 0 Å². The van der Waals surface area contributed by atoms with Gasteiger partial charge in [0, 0.05) is 0 Å². The van der Waals surface area contributed by atoms with Gasteiger partial charge in [-0.05, 0) is 38.5 Å². The largest absolute Gasteiger partial charge is 0.394 e. The Morgan fingerprint density at radius 1 is 0.447 bits per heavy atom. The van der Waals surface area contributed by atoms with Crippen LogP contribution in [0.3, 0.4) is 0 Å². The number of aliphatic hydroxyl groups is 7. The Morgan fingerprint density at radius 2 is 0.776 bits per heavy atom. The van der Waals surface area contributed by atoms with Gasteiger partial charge in [0.2, 0.25) is 5.91 Å². The molecule has 0 aromatic rings. The molecule has 0 radical (unpaired) electrons. The summed E-state index contributed by atoms with van der Waals surface area (Å²) in [5, 5.41) is 76.1. The number of unbranched alkanes of at least 4 members (excludes halogenated alkanes) is 44. The molecule has 0 aliphatic carbocycles. The fourth-order valence-corrected chi connectivity index (χ4v) is 11.0. The molecule has 1 rings (SSSR count). The highest BCUT2D eigenvalue weighted by atomic mass is 16.7. The van der Waals surface area contributed by atoms with Gasteiger partial charge in [-0.2, -0.15) is 0 Å². The molecule has 0 spiro atoms. The van der Waals surface area contributed by atoms with Crippen LogP contribution in [0.25, 0.3) is 0 Å². The van der Waals surface area contributed by atoms with Crippen molar-refractivity contribution in [2.45, 2.75) is 384 Å². The predicted octanol–water partition coefficient (Wildman–Crippen LogP) is 15.1. The number of amides is 1. The molecule has 1 heterocycles. The van der Waals surface area contributed by atoms with E-state index in [0.29, 0.717) is 12.8 Å². The second kappa shape index (κ2) is 54.4. The average molecular weight is 1080 g/mol. The second-order valence-corrected chi connectivity index (χ2v) is 23.5. The van der Waals surface area contributed by atoms with Gasteiger partial charge in [-0.15, -0.1) is 0 Å². The average Bonchev–Trinajstić information content (AvgIpc) is 3.42. The van der Waals surface area contributed by atoms with Crippen LogP contribution in [-0.4, -0.2) is 110 Å². The number of carbonyl (C=O) groups is 1. The lowest BCUT2D eigenvalue weighted by atomic mass is 9.98. The lowest BCUT2D eigenvalue weighted by Crippen LogP contribution is -2.60. The fraction of sp³-hybridized carbons (Fsp3) is 0.954. The van der Waals surface area contributed by atoms with Gasteiger partial charge >= 0.3 is 0 Å². The van der Waals surface area contributed by atoms with Crippen LogP contribution in [0.4, 0.5) is 0 Å². The van der Waals surface area contributed by atoms with E-state index < -0.39 is 74.2 Å². The zero-order valence-electron chi connectivity index (χ0n) is 49.8. The van der Waals surface area contributed by atoms with Crippen molar-refractivity contribution in [1.29, 1.82) is 0 Å². The molecule has 76 heavy (non-hydrogen) atoms. The molecular weight excluding hydrogens is 955 g/mol. The van der Waals surface area contributed by atoms with Crippen LogP contribution in [0.15, 0.2) is 12.2 Å². The van der Waals surface area contributed by atoms with Crippen molar-refractivity contribution < 1.29 is 50.0 Å². The molecule has 0 aromatic heterocycles. The molecular formula is C65H127NO10. The van der Waals surface area contributed by atoms with Crippen molar-refractivity contribution in [2.24, 2.45) is 0 Å². The number of hydrogen-bond acceptors (Lipinski definition) is 10. The minimum absolute atomic E-state index is 0.260. The molecule has 11 nitrogen and oxygen atoms in total. The third-order valence-electron chi connectivity index (χ3n) is 16.3. The van der Waals surface area contributed by atoms with E-state index in [-0.39, 0.29) is 12.8 Å². The summed E-state index contributed by atoms with van der Waals surface area (Å²) in [6, 6.07) is -1.18. The van der Waals surface area contributed by atoms with Crippen LogP contribution in [0.1, 0.15) is 328 Å². The Labute approximate surface area is 468 Å². The van der Waals surface area contributed by atoms with Crippen molar-refractivity contribution in [2.75, 3.05) is 13.2 Å². The van der Waals surface area contributed by atoms with Crippen LogP contribution in [0, 0.1) is 0 Å². The van der Waals surface area contributed by atoms with E-state index in [1.807, 2.05) is 0 Å². The number of carbonyl (C=O) groups excluding carboxylic acids is 1. The van der Waals surface area contributed by atoms with E-state index >= 15 is 0 Å². The summed E-state index contributed by atoms with van der Waals surface area (Å²) in [4.78, 5) is 13.2. The number of ether oxygens (including phenoxy) is 2. The lowest BCUT2D eigenvalue weighted by molar-refractivity contribution is -0.303. The quantitative estimate of drug-likeness (QED) is 0.0215. The highest BCUT2D eigenvalue weighted by molar-refractivity contribution is 5.80. The summed E-state index contributed by atoms with van der Waals surface area (Å²) >= 11 is 0. The predicted molar refractivity (Wildman–Crippen MR) is 316 cm³/mol. The molecule has 452 valence electrons. The summed E-state index contributed by atoms with van der Waals surface area (Å²) in [6.07, 6.45) is 54.7. The summed E-state index contributed by atoms with van der Waals surface area (Å²) < 4.78 is 11.1. The molecule has 1 saturated heterocycles. The van der Waals surface area contributed by atoms with Gasteiger partial charge in [-0.3, -0.25) is 4.79 Å². The van der Waals surface area contributed by atoms with Crippen LogP contribution >= 0.6 is 0 Å². The molecule has 11 heteroatoms. The number of nitrogens with one attached hydrogen (secondary N) is 1. The molecule has 0 bridgehead atoms. The molecule has 9 atom stereocenters. The molecule has 1 amide bonds. The number of aliphatic hydroxyl groups excluding tert-OH is 7. The topological polar surface area (TPSA) is 189 Å². The highest BCUT2D eigenvalue weighted by Gasteiger charge is 2.44. The van der Waals surface area contributed by atoms with E-state index in [9.17, 15) is 40.5 Å². The Kier molecular flexibility index (Phi) is 52.2. The Morgan fingerprint density at radius 3 is 1.13 bits per heavy atom. The zero-order chi connectivity index (χ0) is 55.4. The number of hydrogen-bond donors (Lipinski definition) is 8. The van der Waals surface area contributed by atoms with E-state index in [1.165, 1.54) is 250 Å². The van der Waals surface area contributed by atoms with Crippen molar-refractivity contribution >= 4 is 5.91 Å². The van der Waals surface area contributed by atoms with Crippen molar-refractivity contribution in [1.82, 2.24) is 5.32 Å². The van der Waals surface area contributed by atoms with Gasteiger partial charge in [0.15, 0.2) is 6.29 Å². The third-order valence-corrected chi connectivity index (χ3v) is 16.3. The van der Waals surface area contributed by atoms with Gasteiger partial charge in [0.05, 0.1) is 25.4 Å². The molecule has 1 fully saturated rings. The summed E-state index contributed by atoms with van der Waals surface area (Å²) in [5.74, 6) is -0.700. The molecule has 1 aliphatic rings. The van der Waals surface area contributed by atoms with E-state index in [2.05, 4.69) is 31.3 Å².